The van der Waals surface area contributed by atoms with Crippen molar-refractivity contribution in [2.24, 2.45) is 0 Å². The summed E-state index contributed by atoms with van der Waals surface area (Å²) in [6, 6.07) is 4.13. The molecule has 19 heavy (non-hydrogen) atoms. The highest BCUT2D eigenvalue weighted by molar-refractivity contribution is 5.46. The summed E-state index contributed by atoms with van der Waals surface area (Å²) in [5.74, 6) is 5.23. The maximum absolute atomic E-state index is 13.1. The van der Waals surface area contributed by atoms with Crippen LogP contribution in [0.25, 0.3) is 0 Å². The first-order chi connectivity index (χ1) is 9.27. The van der Waals surface area contributed by atoms with Crippen LogP contribution >= 0.6 is 0 Å². The van der Waals surface area contributed by atoms with Crippen LogP contribution in [0.4, 0.5) is 4.39 Å². The van der Waals surface area contributed by atoms with E-state index in [0.29, 0.717) is 31.1 Å². The Hall–Kier alpha value is -1.57. The van der Waals surface area contributed by atoms with E-state index in [1.54, 1.807) is 0 Å². The molecule has 0 radical (unpaired) electrons. The van der Waals surface area contributed by atoms with Crippen LogP contribution in [0, 0.1) is 17.7 Å². The largest absolute Gasteiger partial charge is 0.490 e. The Bertz CT molecular complexity index is 435. The first-order valence-corrected chi connectivity index (χ1v) is 6.37. The summed E-state index contributed by atoms with van der Waals surface area (Å²) >= 11 is 0. The highest BCUT2D eigenvalue weighted by Crippen LogP contribution is 2.18. The summed E-state index contributed by atoms with van der Waals surface area (Å²) in [7, 11) is 0. The van der Waals surface area contributed by atoms with E-state index in [2.05, 4.69) is 18.8 Å². The van der Waals surface area contributed by atoms with Crippen LogP contribution < -0.4 is 4.74 Å². The van der Waals surface area contributed by atoms with E-state index < -0.39 is 0 Å². The molecule has 0 unspecified atom stereocenters. The molecule has 0 saturated heterocycles. The van der Waals surface area contributed by atoms with E-state index in [9.17, 15) is 4.39 Å². The van der Waals surface area contributed by atoms with E-state index in [0.717, 1.165) is 12.8 Å². The molecule has 1 aromatic rings. The van der Waals surface area contributed by atoms with Crippen LogP contribution in [0.5, 0.6) is 5.75 Å². The fraction of sp³-hybridized carbons (Fsp3) is 0.467. The molecular weight excluding hydrogens is 247 g/mol. The molecule has 0 aliphatic heterocycles. The highest BCUT2D eigenvalue weighted by Gasteiger charge is 2.03. The summed E-state index contributed by atoms with van der Waals surface area (Å²) in [6.07, 6.45) is 2.11. The van der Waals surface area contributed by atoms with Gasteiger partial charge in [0.05, 0.1) is 12.2 Å². The smallest absolute Gasteiger partial charge is 0.137 e. The van der Waals surface area contributed by atoms with Crippen LogP contribution in [0.2, 0.25) is 0 Å². The van der Waals surface area contributed by atoms with Gasteiger partial charge < -0.3 is 14.6 Å². The van der Waals surface area contributed by atoms with Crippen molar-refractivity contribution in [3.8, 4) is 17.6 Å². The predicted molar refractivity (Wildman–Crippen MR) is 71.6 cm³/mol. The van der Waals surface area contributed by atoms with Crippen molar-refractivity contribution in [3.05, 3.63) is 29.6 Å². The van der Waals surface area contributed by atoms with Crippen LogP contribution in [-0.2, 0) is 4.74 Å². The van der Waals surface area contributed by atoms with Crippen LogP contribution in [0.1, 0.15) is 25.3 Å². The minimum atomic E-state index is -0.378. The molecule has 3 nitrogen and oxygen atoms in total. The van der Waals surface area contributed by atoms with Crippen LogP contribution in [0.15, 0.2) is 18.2 Å². The number of rotatable bonds is 7. The van der Waals surface area contributed by atoms with E-state index in [4.69, 9.17) is 14.6 Å². The molecule has 0 fully saturated rings. The molecule has 0 aliphatic carbocycles. The minimum Gasteiger partial charge on any atom is -0.490 e. The third kappa shape index (κ3) is 6.23. The zero-order chi connectivity index (χ0) is 13.9. The second-order valence-corrected chi connectivity index (χ2v) is 3.91. The monoisotopic (exact) mass is 266 g/mol. The lowest BCUT2D eigenvalue weighted by molar-refractivity contribution is 0.0978. The number of unbranched alkanes of at least 4 members (excludes halogenated alkanes) is 1. The van der Waals surface area contributed by atoms with Gasteiger partial charge >= 0.3 is 0 Å². The number of aliphatic hydroxyl groups excluding tert-OH is 1. The number of aliphatic hydroxyl groups is 1. The van der Waals surface area contributed by atoms with E-state index >= 15 is 0 Å². The Kier molecular flexibility index (Phi) is 7.64. The van der Waals surface area contributed by atoms with Gasteiger partial charge in [0.15, 0.2) is 0 Å². The molecule has 0 aromatic heterocycles. The van der Waals surface area contributed by atoms with Gasteiger partial charge in [0.25, 0.3) is 0 Å². The zero-order valence-electron chi connectivity index (χ0n) is 11.1. The normalized spacial score (nSPS) is 9.84. The lowest BCUT2D eigenvalue weighted by Crippen LogP contribution is -2.08. The van der Waals surface area contributed by atoms with Crippen molar-refractivity contribution in [1.82, 2.24) is 0 Å². The van der Waals surface area contributed by atoms with Crippen LogP contribution in [-0.4, -0.2) is 31.5 Å². The third-order valence-electron chi connectivity index (χ3n) is 2.37. The van der Waals surface area contributed by atoms with Gasteiger partial charge in [-0.05, 0) is 18.6 Å². The quantitative estimate of drug-likeness (QED) is 0.608. The average molecular weight is 266 g/mol. The van der Waals surface area contributed by atoms with Gasteiger partial charge in [0, 0.05) is 12.7 Å². The first kappa shape index (κ1) is 15.5. The molecule has 0 bridgehead atoms. The summed E-state index contributed by atoms with van der Waals surface area (Å²) in [5, 5.41) is 8.66. The van der Waals surface area contributed by atoms with Gasteiger partial charge in [-0.2, -0.15) is 0 Å². The minimum absolute atomic E-state index is 0.239. The van der Waals surface area contributed by atoms with Crippen molar-refractivity contribution in [2.45, 2.75) is 19.8 Å². The Balaban J connectivity index is 2.49. The topological polar surface area (TPSA) is 38.7 Å². The third-order valence-corrected chi connectivity index (χ3v) is 2.37. The molecule has 0 aliphatic rings. The van der Waals surface area contributed by atoms with Gasteiger partial charge in [-0.25, -0.2) is 4.39 Å². The van der Waals surface area contributed by atoms with Crippen molar-refractivity contribution in [1.29, 1.82) is 0 Å². The van der Waals surface area contributed by atoms with Gasteiger partial charge in [-0.15, -0.1) is 0 Å². The Morgan fingerprint density at radius 2 is 2.11 bits per heavy atom. The highest BCUT2D eigenvalue weighted by atomic mass is 19.1. The number of ether oxygens (including phenoxy) is 2. The van der Waals surface area contributed by atoms with Crippen molar-refractivity contribution >= 4 is 0 Å². The standard InChI is InChI=1S/C15H19FO3/c1-2-3-9-18-10-11-19-15-12-14(16)7-6-13(15)5-4-8-17/h6-7,12,17H,2-3,8-11H2,1H3. The maximum Gasteiger partial charge on any atom is 0.137 e. The average Bonchev–Trinajstić information content (AvgIpc) is 2.42. The fourth-order valence-corrected chi connectivity index (χ4v) is 1.41. The number of hydrogen-bond acceptors (Lipinski definition) is 3. The van der Waals surface area contributed by atoms with E-state index in [1.807, 2.05) is 0 Å². The van der Waals surface area contributed by atoms with E-state index in [1.165, 1.54) is 18.2 Å². The van der Waals surface area contributed by atoms with Crippen molar-refractivity contribution in [2.75, 3.05) is 26.4 Å². The maximum atomic E-state index is 13.1. The fourth-order valence-electron chi connectivity index (χ4n) is 1.41. The number of halogens is 1. The molecule has 0 amide bonds. The molecule has 1 aromatic carbocycles. The summed E-state index contributed by atoms with van der Waals surface area (Å²) < 4.78 is 23.9. The second-order valence-electron chi connectivity index (χ2n) is 3.91. The molecule has 0 spiro atoms. The molecule has 1 N–H and O–H groups in total. The molecular formula is C15H19FO3. The second kappa shape index (κ2) is 9.37. The van der Waals surface area contributed by atoms with E-state index in [-0.39, 0.29) is 12.4 Å². The lowest BCUT2D eigenvalue weighted by Gasteiger charge is -2.09. The summed E-state index contributed by atoms with van der Waals surface area (Å²) in [4.78, 5) is 0. The number of benzene rings is 1. The van der Waals surface area contributed by atoms with Crippen molar-refractivity contribution in [3.63, 3.8) is 0 Å². The lowest BCUT2D eigenvalue weighted by atomic mass is 10.2. The Labute approximate surface area is 113 Å². The first-order valence-electron chi connectivity index (χ1n) is 6.37. The molecule has 0 saturated carbocycles. The molecule has 1 rings (SSSR count). The number of hydrogen-bond donors (Lipinski definition) is 1. The SMILES string of the molecule is CCCCOCCOc1cc(F)ccc1C#CCO. The van der Waals surface area contributed by atoms with Gasteiger partial charge in [0.2, 0.25) is 0 Å². The van der Waals surface area contributed by atoms with Gasteiger partial charge in [-0.3, -0.25) is 0 Å². The van der Waals surface area contributed by atoms with Gasteiger partial charge in [0.1, 0.15) is 24.8 Å². The molecule has 4 heteroatoms. The molecule has 104 valence electrons. The summed E-state index contributed by atoms with van der Waals surface area (Å²) in [5.41, 5.74) is 0.559. The van der Waals surface area contributed by atoms with Crippen molar-refractivity contribution < 1.29 is 19.0 Å². The Morgan fingerprint density at radius 1 is 1.26 bits per heavy atom. The molecule has 0 heterocycles. The summed E-state index contributed by atoms with van der Waals surface area (Å²) in [6.45, 7) is 3.38. The van der Waals surface area contributed by atoms with Gasteiger partial charge in [-0.1, -0.05) is 25.2 Å². The molecule has 0 atom stereocenters. The predicted octanol–water partition coefficient (Wildman–Crippen LogP) is 2.37. The van der Waals surface area contributed by atoms with Crippen LogP contribution in [0.3, 0.4) is 0 Å². The Morgan fingerprint density at radius 3 is 2.84 bits per heavy atom. The zero-order valence-corrected chi connectivity index (χ0v) is 11.1.